The Kier molecular flexibility index (Phi) is 12.9. The van der Waals surface area contributed by atoms with Crippen molar-refractivity contribution in [3.63, 3.8) is 0 Å². The molecule has 32 heavy (non-hydrogen) atoms. The summed E-state index contributed by atoms with van der Waals surface area (Å²) in [5.41, 5.74) is 4.39. The smallest absolute Gasteiger partial charge is 0.246 e. The summed E-state index contributed by atoms with van der Waals surface area (Å²) in [5.74, 6) is 1.23. The lowest BCUT2D eigenvalue weighted by Crippen LogP contribution is -2.20. The van der Waals surface area contributed by atoms with Gasteiger partial charge in [0.1, 0.15) is 0 Å². The molecular weight excluding hydrogens is 407 g/mol. The quantitative estimate of drug-likeness (QED) is 0.359. The second-order valence-electron chi connectivity index (χ2n) is 7.82. The van der Waals surface area contributed by atoms with Crippen LogP contribution < -0.4 is 10.6 Å². The number of fused-ring (bicyclic) bond motifs is 1. The van der Waals surface area contributed by atoms with Crippen LogP contribution in [0.2, 0.25) is 0 Å². The fourth-order valence-corrected chi connectivity index (χ4v) is 3.78. The number of benzene rings is 1. The van der Waals surface area contributed by atoms with E-state index in [2.05, 4.69) is 54.0 Å². The minimum Gasteiger partial charge on any atom is -0.381 e. The highest BCUT2D eigenvalue weighted by molar-refractivity contribution is 5.93. The summed E-state index contributed by atoms with van der Waals surface area (Å²) < 4.78 is 14.6. The van der Waals surface area contributed by atoms with E-state index in [4.69, 9.17) is 4.74 Å². The molecule has 5 nitrogen and oxygen atoms in total. The second-order valence-corrected chi connectivity index (χ2v) is 7.82. The van der Waals surface area contributed by atoms with Crippen molar-refractivity contribution in [1.82, 2.24) is 10.6 Å². The molecule has 176 valence electrons. The van der Waals surface area contributed by atoms with Crippen LogP contribution in [0.5, 0.6) is 0 Å². The number of amides is 2. The fraction of sp³-hybridized carbons (Fsp3) is 0.462. The highest BCUT2D eigenvalue weighted by atomic mass is 19.1. The van der Waals surface area contributed by atoms with Crippen LogP contribution >= 0.6 is 0 Å². The van der Waals surface area contributed by atoms with E-state index in [0.29, 0.717) is 25.1 Å². The molecule has 0 aromatic heterocycles. The molecule has 1 saturated carbocycles. The third-order valence-corrected chi connectivity index (χ3v) is 5.37. The van der Waals surface area contributed by atoms with Crippen LogP contribution in [0.3, 0.4) is 0 Å². The van der Waals surface area contributed by atoms with E-state index in [9.17, 15) is 14.0 Å². The molecule has 1 aliphatic carbocycles. The molecule has 2 aliphatic rings. The monoisotopic (exact) mass is 444 g/mol. The molecular formula is C26H37FN2O3. The van der Waals surface area contributed by atoms with Gasteiger partial charge in [-0.25, -0.2) is 0 Å². The van der Waals surface area contributed by atoms with Gasteiger partial charge in [0.2, 0.25) is 12.3 Å². The van der Waals surface area contributed by atoms with E-state index in [1.54, 1.807) is 7.05 Å². The zero-order valence-electron chi connectivity index (χ0n) is 19.9. The third-order valence-electron chi connectivity index (χ3n) is 5.37. The first-order valence-corrected chi connectivity index (χ1v) is 11.0. The van der Waals surface area contributed by atoms with Crippen molar-refractivity contribution in [2.24, 2.45) is 11.8 Å². The highest BCUT2D eigenvalue weighted by Crippen LogP contribution is 2.43. The minimum absolute atomic E-state index is 0.0353. The van der Waals surface area contributed by atoms with E-state index >= 15 is 0 Å². The Balaban J connectivity index is 0.000000380. The van der Waals surface area contributed by atoms with E-state index in [1.165, 1.54) is 11.1 Å². The Morgan fingerprint density at radius 2 is 1.75 bits per heavy atom. The Morgan fingerprint density at radius 1 is 1.12 bits per heavy atom. The summed E-state index contributed by atoms with van der Waals surface area (Å²) in [6.45, 7) is 7.68. The number of carbonyl (C=O) groups is 2. The number of halogens is 1. The van der Waals surface area contributed by atoms with Gasteiger partial charge in [-0.05, 0) is 37.8 Å². The molecule has 0 radical (unpaired) electrons. The van der Waals surface area contributed by atoms with Gasteiger partial charge in [-0.2, -0.15) is 0 Å². The Labute approximate surface area is 191 Å². The maximum atomic E-state index is 11.5. The highest BCUT2D eigenvalue weighted by Gasteiger charge is 2.53. The van der Waals surface area contributed by atoms with Gasteiger partial charge in [0.05, 0.1) is 20.4 Å². The molecule has 2 unspecified atom stereocenters. The summed E-state index contributed by atoms with van der Waals surface area (Å²) >= 11 is 0. The van der Waals surface area contributed by atoms with Gasteiger partial charge in [-0.15, -0.1) is 0 Å². The molecule has 2 amide bonds. The molecule has 1 saturated heterocycles. The average Bonchev–Trinajstić information content (AvgIpc) is 3.21. The zero-order chi connectivity index (χ0) is 23.9. The van der Waals surface area contributed by atoms with Crippen LogP contribution in [0.25, 0.3) is 0 Å². The molecule has 1 aromatic rings. The van der Waals surface area contributed by atoms with Crippen LogP contribution in [0.4, 0.5) is 4.39 Å². The van der Waals surface area contributed by atoms with Gasteiger partial charge in [0.15, 0.2) is 0 Å². The molecule has 2 atom stereocenters. The molecule has 0 spiro atoms. The largest absolute Gasteiger partial charge is 0.381 e. The lowest BCUT2D eigenvalue weighted by molar-refractivity contribution is -0.117. The number of ether oxygens (including phenoxy) is 1. The van der Waals surface area contributed by atoms with Gasteiger partial charge >= 0.3 is 0 Å². The minimum atomic E-state index is -0.0353. The van der Waals surface area contributed by atoms with Crippen molar-refractivity contribution >= 4 is 12.3 Å². The summed E-state index contributed by atoms with van der Waals surface area (Å²) in [7, 11) is 2.15. The Bertz CT molecular complexity index is 793. The topological polar surface area (TPSA) is 67.4 Å². The number of nitrogens with one attached hydrogen (secondary N) is 2. The average molecular weight is 445 g/mol. The predicted molar refractivity (Wildman–Crippen MR) is 128 cm³/mol. The Morgan fingerprint density at radius 3 is 2.28 bits per heavy atom. The lowest BCUT2D eigenvalue weighted by Gasteiger charge is -2.05. The normalized spacial score (nSPS) is 21.8. The van der Waals surface area contributed by atoms with Crippen LogP contribution in [0.15, 0.2) is 65.3 Å². The summed E-state index contributed by atoms with van der Waals surface area (Å²) in [6.07, 6.45) is 9.02. The number of alkyl halides is 1. The fourth-order valence-electron chi connectivity index (χ4n) is 3.78. The van der Waals surface area contributed by atoms with E-state index in [-0.39, 0.29) is 5.91 Å². The number of rotatable bonds is 8. The molecule has 2 N–H and O–H groups in total. The van der Waals surface area contributed by atoms with Crippen molar-refractivity contribution in [2.45, 2.75) is 39.7 Å². The maximum absolute atomic E-state index is 11.5. The van der Waals surface area contributed by atoms with Crippen molar-refractivity contribution in [3.05, 3.63) is 70.8 Å². The van der Waals surface area contributed by atoms with Gasteiger partial charge in [-0.3, -0.25) is 14.0 Å². The van der Waals surface area contributed by atoms with Crippen LogP contribution in [-0.2, 0) is 20.7 Å². The third kappa shape index (κ3) is 9.18. The summed E-state index contributed by atoms with van der Waals surface area (Å²) in [6, 6.07) is 10.9. The molecule has 1 aliphatic heterocycles. The van der Waals surface area contributed by atoms with Gasteiger partial charge in [0, 0.05) is 30.5 Å². The van der Waals surface area contributed by atoms with Gasteiger partial charge < -0.3 is 15.4 Å². The molecule has 3 rings (SSSR count). The number of carbonyl (C=O) groups excluding carboxylic acids is 2. The first-order valence-electron chi connectivity index (χ1n) is 11.0. The van der Waals surface area contributed by atoms with E-state index in [1.807, 2.05) is 26.0 Å². The molecule has 1 aromatic carbocycles. The molecule has 1 heterocycles. The Hall–Kier alpha value is -2.73. The van der Waals surface area contributed by atoms with Crippen LogP contribution in [0.1, 0.15) is 32.8 Å². The maximum Gasteiger partial charge on any atom is 0.246 e. The SMILES string of the molecule is CC/C=C(/C=C(C)\C=C(/C)C(=O)NC)Cc1ccccc1.CF.O=CNC1C2COCC21. The number of hydrogen-bond acceptors (Lipinski definition) is 3. The van der Waals surface area contributed by atoms with Crippen molar-refractivity contribution in [3.8, 4) is 0 Å². The first kappa shape index (κ1) is 27.3. The summed E-state index contributed by atoms with van der Waals surface area (Å²) in [5, 5.41) is 5.40. The summed E-state index contributed by atoms with van der Waals surface area (Å²) in [4.78, 5) is 21.5. The van der Waals surface area contributed by atoms with Crippen molar-refractivity contribution in [1.29, 1.82) is 0 Å². The van der Waals surface area contributed by atoms with E-state index < -0.39 is 0 Å². The zero-order valence-corrected chi connectivity index (χ0v) is 19.9. The predicted octanol–water partition coefficient (Wildman–Crippen LogP) is 4.17. The van der Waals surface area contributed by atoms with Crippen molar-refractivity contribution in [2.75, 3.05) is 27.4 Å². The van der Waals surface area contributed by atoms with Crippen LogP contribution in [-0.4, -0.2) is 45.8 Å². The molecule has 6 heteroatoms. The number of likely N-dealkylation sites (N-methyl/N-ethyl adjacent to an activating group) is 1. The standard InChI is InChI=1S/C19H25NO.C6H9NO2.CH3F/c1-5-9-18(14-17-10-7-6-8-11-17)13-15(2)12-16(3)19(21)20-4;8-3-7-6-4-1-9-2-5(4)6;1-2/h6-13H,5,14H2,1-4H3,(H,20,21);3-6H,1-2H2,(H,7,8);1H3/b15-13-,16-12+,18-9-;;. The van der Waals surface area contributed by atoms with Gasteiger partial charge in [-0.1, -0.05) is 61.1 Å². The number of hydrogen-bond donors (Lipinski definition) is 2. The molecule has 0 bridgehead atoms. The second kappa shape index (κ2) is 15.1. The van der Waals surface area contributed by atoms with E-state index in [0.717, 1.165) is 43.6 Å². The van der Waals surface area contributed by atoms with Gasteiger partial charge in [0.25, 0.3) is 0 Å². The molecule has 2 fully saturated rings. The first-order chi connectivity index (χ1) is 15.5. The van der Waals surface area contributed by atoms with Crippen LogP contribution in [0, 0.1) is 11.8 Å². The lowest BCUT2D eigenvalue weighted by atomic mass is 10.0. The number of allylic oxidation sites excluding steroid dienone is 5. The van der Waals surface area contributed by atoms with Crippen molar-refractivity contribution < 1.29 is 18.7 Å².